The van der Waals surface area contributed by atoms with Crippen LogP contribution in [0.1, 0.15) is 43.2 Å². The molecular weight excluding hydrogens is 592 g/mol. The third-order valence-corrected chi connectivity index (χ3v) is 8.85. The lowest BCUT2D eigenvalue weighted by atomic mass is 9.94. The molecule has 228 valence electrons. The van der Waals surface area contributed by atoms with Gasteiger partial charge in [0.15, 0.2) is 0 Å². The number of carbonyl (C=O) groups excluding carboxylic acids is 2. The van der Waals surface area contributed by atoms with Crippen LogP contribution < -0.4 is 9.62 Å². The number of halogens is 1. The molecule has 2 amide bonds. The van der Waals surface area contributed by atoms with E-state index in [4.69, 9.17) is 11.6 Å². The largest absolute Gasteiger partial charge is 0.352 e. The van der Waals surface area contributed by atoms with Gasteiger partial charge in [-0.25, -0.2) is 8.42 Å². The van der Waals surface area contributed by atoms with Crippen molar-refractivity contribution in [2.75, 3.05) is 17.1 Å². The second-order valence-corrected chi connectivity index (χ2v) is 13.1. The number of hydrogen-bond donors (Lipinski definition) is 1. The number of hydrogen-bond acceptors (Lipinski definition) is 6. The highest BCUT2D eigenvalue weighted by molar-refractivity contribution is 7.92. The molecule has 43 heavy (non-hydrogen) atoms. The number of carbonyl (C=O) groups is 2. The fourth-order valence-corrected chi connectivity index (χ4v) is 6.36. The van der Waals surface area contributed by atoms with Crippen molar-refractivity contribution in [3.8, 4) is 0 Å². The molecule has 12 heteroatoms. The minimum absolute atomic E-state index is 0.0124. The molecule has 0 aliphatic heterocycles. The first-order valence-electron chi connectivity index (χ1n) is 14.1. The van der Waals surface area contributed by atoms with E-state index in [2.05, 4.69) is 5.32 Å². The van der Waals surface area contributed by atoms with Crippen LogP contribution >= 0.6 is 11.6 Å². The highest BCUT2D eigenvalue weighted by Crippen LogP contribution is 2.25. The highest BCUT2D eigenvalue weighted by atomic mass is 35.5. The molecule has 0 bridgehead atoms. The molecular formula is C31H35ClN4O6S. The Hall–Kier alpha value is -3.96. The summed E-state index contributed by atoms with van der Waals surface area (Å²) in [7, 11) is -4.05. The molecule has 1 atom stereocenters. The third-order valence-electron chi connectivity index (χ3n) is 7.47. The summed E-state index contributed by atoms with van der Waals surface area (Å²) in [5.41, 5.74) is 1.14. The molecule has 1 aliphatic rings. The van der Waals surface area contributed by atoms with Gasteiger partial charge in [0.2, 0.25) is 21.8 Å². The summed E-state index contributed by atoms with van der Waals surface area (Å²) in [6, 6.07) is 20.3. The highest BCUT2D eigenvalue weighted by Gasteiger charge is 2.34. The normalized spacial score (nSPS) is 14.5. The van der Waals surface area contributed by atoms with Gasteiger partial charge in [0, 0.05) is 36.2 Å². The fraction of sp³-hybridized carbons (Fsp3) is 0.355. The van der Waals surface area contributed by atoms with Gasteiger partial charge >= 0.3 is 0 Å². The number of sulfonamides is 1. The SMILES string of the molecule is CS(=O)(=O)N(CC(=O)N(Cc1cccc(Cl)c1)[C@H](Cc1ccccc1)C(=O)NC1CCCCC1)c1cccc([N+](=O)[O-])c1. The first-order valence-corrected chi connectivity index (χ1v) is 16.3. The van der Waals surface area contributed by atoms with Crippen molar-refractivity contribution in [1.29, 1.82) is 0 Å². The zero-order valence-corrected chi connectivity index (χ0v) is 25.5. The molecule has 1 saturated carbocycles. The molecule has 3 aromatic carbocycles. The number of amides is 2. The molecule has 1 N–H and O–H groups in total. The summed E-state index contributed by atoms with van der Waals surface area (Å²) in [5.74, 6) is -0.969. The summed E-state index contributed by atoms with van der Waals surface area (Å²) in [6.45, 7) is -0.677. The molecule has 4 rings (SSSR count). The van der Waals surface area contributed by atoms with Crippen LogP contribution in [0, 0.1) is 10.1 Å². The van der Waals surface area contributed by atoms with Gasteiger partial charge in [-0.05, 0) is 42.2 Å². The van der Waals surface area contributed by atoms with Crippen molar-refractivity contribution in [3.63, 3.8) is 0 Å². The number of non-ortho nitro benzene ring substituents is 1. The van der Waals surface area contributed by atoms with Crippen LogP contribution in [0.4, 0.5) is 11.4 Å². The van der Waals surface area contributed by atoms with Gasteiger partial charge in [0.1, 0.15) is 12.6 Å². The van der Waals surface area contributed by atoms with Crippen LogP contribution in [-0.2, 0) is 32.6 Å². The lowest BCUT2D eigenvalue weighted by molar-refractivity contribution is -0.384. The number of nitrogens with zero attached hydrogens (tertiary/aromatic N) is 3. The average Bonchev–Trinajstić information content (AvgIpc) is 2.98. The second-order valence-electron chi connectivity index (χ2n) is 10.7. The van der Waals surface area contributed by atoms with Crippen molar-refractivity contribution in [3.05, 3.63) is 105 Å². The van der Waals surface area contributed by atoms with Gasteiger partial charge in [-0.1, -0.05) is 79.4 Å². The van der Waals surface area contributed by atoms with Crippen LogP contribution in [0.5, 0.6) is 0 Å². The maximum absolute atomic E-state index is 14.2. The number of nitro benzene ring substituents is 1. The number of benzene rings is 3. The third kappa shape index (κ3) is 9.01. The number of nitro groups is 1. The van der Waals surface area contributed by atoms with Crippen molar-refractivity contribution in [2.24, 2.45) is 0 Å². The Labute approximate surface area is 256 Å². The van der Waals surface area contributed by atoms with E-state index in [9.17, 15) is 28.1 Å². The van der Waals surface area contributed by atoms with Crippen LogP contribution in [0.3, 0.4) is 0 Å². The molecule has 0 aromatic heterocycles. The quantitative estimate of drug-likeness (QED) is 0.220. The van der Waals surface area contributed by atoms with Crippen molar-refractivity contribution < 1.29 is 22.9 Å². The first kappa shape index (κ1) is 32.0. The Morgan fingerprint density at radius 3 is 2.30 bits per heavy atom. The minimum Gasteiger partial charge on any atom is -0.352 e. The fourth-order valence-electron chi connectivity index (χ4n) is 5.31. The van der Waals surface area contributed by atoms with E-state index in [0.717, 1.165) is 54.3 Å². The summed E-state index contributed by atoms with van der Waals surface area (Å²) in [5, 5.41) is 15.0. The summed E-state index contributed by atoms with van der Waals surface area (Å²) in [4.78, 5) is 40.3. The zero-order valence-electron chi connectivity index (χ0n) is 23.9. The Balaban J connectivity index is 1.73. The molecule has 1 fully saturated rings. The van der Waals surface area contributed by atoms with E-state index < -0.39 is 33.4 Å². The Morgan fingerprint density at radius 2 is 1.65 bits per heavy atom. The van der Waals surface area contributed by atoms with Crippen molar-refractivity contribution in [1.82, 2.24) is 10.2 Å². The second kappa shape index (κ2) is 14.5. The predicted molar refractivity (Wildman–Crippen MR) is 166 cm³/mol. The van der Waals surface area contributed by atoms with E-state index in [0.29, 0.717) is 10.6 Å². The lowest BCUT2D eigenvalue weighted by Crippen LogP contribution is -2.55. The summed E-state index contributed by atoms with van der Waals surface area (Å²) >= 11 is 6.25. The lowest BCUT2D eigenvalue weighted by Gasteiger charge is -2.35. The summed E-state index contributed by atoms with van der Waals surface area (Å²) in [6.07, 6.45) is 5.94. The van der Waals surface area contributed by atoms with Gasteiger partial charge in [-0.2, -0.15) is 0 Å². The monoisotopic (exact) mass is 626 g/mol. The Morgan fingerprint density at radius 1 is 0.977 bits per heavy atom. The molecule has 10 nitrogen and oxygen atoms in total. The molecule has 0 spiro atoms. The minimum atomic E-state index is -4.05. The smallest absolute Gasteiger partial charge is 0.271 e. The van der Waals surface area contributed by atoms with Crippen molar-refractivity contribution in [2.45, 2.75) is 57.2 Å². The molecule has 0 radical (unpaired) electrons. The Bertz CT molecular complexity index is 1550. The first-order chi connectivity index (χ1) is 20.5. The van der Waals surface area contributed by atoms with E-state index in [-0.39, 0.29) is 36.3 Å². The number of rotatable bonds is 12. The van der Waals surface area contributed by atoms with Gasteiger partial charge < -0.3 is 10.2 Å². The van der Waals surface area contributed by atoms with Crippen LogP contribution in [0.2, 0.25) is 5.02 Å². The van der Waals surface area contributed by atoms with Gasteiger partial charge in [0.25, 0.3) is 5.69 Å². The predicted octanol–water partition coefficient (Wildman–Crippen LogP) is 5.10. The standard InChI is InChI=1S/C31H35ClN4O6S/c1-43(41,42)35(27-16-9-17-28(20-27)36(39)40)22-30(37)34(21-24-12-8-13-25(32)18-24)29(19-23-10-4-2-5-11-23)31(38)33-26-14-6-3-7-15-26/h2,4-5,8-13,16-18,20,26,29H,3,6-7,14-15,19,21-22H2,1H3,(H,33,38)/t29-/m1/s1. The maximum Gasteiger partial charge on any atom is 0.271 e. The molecule has 0 heterocycles. The maximum atomic E-state index is 14.2. The summed E-state index contributed by atoms with van der Waals surface area (Å²) < 4.78 is 26.7. The number of anilines is 1. The van der Waals surface area contributed by atoms with Crippen LogP contribution in [0.15, 0.2) is 78.9 Å². The van der Waals surface area contributed by atoms with Gasteiger partial charge in [-0.15, -0.1) is 0 Å². The van der Waals surface area contributed by atoms with Gasteiger partial charge in [0.05, 0.1) is 16.9 Å². The van der Waals surface area contributed by atoms with E-state index in [1.54, 1.807) is 24.3 Å². The number of nitrogens with one attached hydrogen (secondary N) is 1. The van der Waals surface area contributed by atoms with Gasteiger partial charge in [-0.3, -0.25) is 24.0 Å². The van der Waals surface area contributed by atoms with Crippen LogP contribution in [0.25, 0.3) is 0 Å². The molecule has 0 saturated heterocycles. The average molecular weight is 627 g/mol. The molecule has 3 aromatic rings. The topological polar surface area (TPSA) is 130 Å². The Kier molecular flexibility index (Phi) is 10.8. The zero-order chi connectivity index (χ0) is 31.0. The van der Waals surface area contributed by atoms with Crippen LogP contribution in [-0.4, -0.2) is 54.9 Å². The molecule has 0 unspecified atom stereocenters. The van der Waals surface area contributed by atoms with E-state index >= 15 is 0 Å². The van der Waals surface area contributed by atoms with E-state index in [1.807, 2.05) is 30.3 Å². The van der Waals surface area contributed by atoms with Crippen molar-refractivity contribution >= 4 is 44.8 Å². The van der Waals surface area contributed by atoms with E-state index in [1.165, 1.54) is 23.1 Å². The molecule has 1 aliphatic carbocycles.